The first-order chi connectivity index (χ1) is 20.9. The molecule has 1 aliphatic carbocycles. The smallest absolute Gasteiger partial charge is 0.418 e. The molecular weight excluding hydrogens is 599 g/mol. The van der Waals surface area contributed by atoms with Crippen molar-refractivity contribution in [2.24, 2.45) is 5.92 Å². The van der Waals surface area contributed by atoms with Gasteiger partial charge < -0.3 is 20.3 Å². The van der Waals surface area contributed by atoms with Crippen molar-refractivity contribution < 1.29 is 35.9 Å². The van der Waals surface area contributed by atoms with Crippen LogP contribution in [0.4, 0.5) is 30.4 Å². The SMILES string of the molecule is O=C(Nc1ccc(N2CCS(=O)(=O)CC2)c(C(F)(F)F)c1)c1cccc2cc(Oc3cc(NC(=O)C4CC4)ncn3)ccc12. The first-order valence-electron chi connectivity index (χ1n) is 13.8. The highest BCUT2D eigenvalue weighted by Crippen LogP contribution is 2.39. The fourth-order valence-electron chi connectivity index (χ4n) is 4.95. The Morgan fingerprint density at radius 3 is 2.43 bits per heavy atom. The van der Waals surface area contributed by atoms with E-state index in [-0.39, 0.29) is 59.2 Å². The minimum Gasteiger partial charge on any atom is -0.439 e. The number of hydrogen-bond donors (Lipinski definition) is 2. The van der Waals surface area contributed by atoms with Gasteiger partial charge in [-0.3, -0.25) is 9.59 Å². The molecule has 2 amide bonds. The van der Waals surface area contributed by atoms with E-state index in [1.165, 1.54) is 29.4 Å². The van der Waals surface area contributed by atoms with E-state index in [0.717, 1.165) is 18.9 Å². The monoisotopic (exact) mass is 625 g/mol. The average Bonchev–Trinajstić information content (AvgIpc) is 3.83. The molecule has 2 aliphatic rings. The lowest BCUT2D eigenvalue weighted by Gasteiger charge is -2.31. The third kappa shape index (κ3) is 6.59. The number of nitrogens with zero attached hydrogens (tertiary/aromatic N) is 3. The van der Waals surface area contributed by atoms with Crippen molar-refractivity contribution in [2.45, 2.75) is 19.0 Å². The molecule has 0 unspecified atom stereocenters. The van der Waals surface area contributed by atoms with E-state index in [0.29, 0.717) is 22.3 Å². The lowest BCUT2D eigenvalue weighted by Crippen LogP contribution is -2.41. The minimum atomic E-state index is -4.73. The maximum atomic E-state index is 14.0. The average molecular weight is 626 g/mol. The molecule has 1 saturated carbocycles. The lowest BCUT2D eigenvalue weighted by molar-refractivity contribution is -0.137. The van der Waals surface area contributed by atoms with Gasteiger partial charge in [-0.25, -0.2) is 18.4 Å². The van der Waals surface area contributed by atoms with Crippen LogP contribution in [0.15, 0.2) is 67.0 Å². The van der Waals surface area contributed by atoms with Gasteiger partial charge in [0.1, 0.15) is 17.9 Å². The molecule has 6 rings (SSSR count). The number of alkyl halides is 3. The number of sulfone groups is 1. The number of ether oxygens (including phenoxy) is 1. The Kier molecular flexibility index (Phi) is 7.61. The quantitative estimate of drug-likeness (QED) is 0.284. The van der Waals surface area contributed by atoms with Crippen LogP contribution in [0.5, 0.6) is 11.6 Å². The van der Waals surface area contributed by atoms with Gasteiger partial charge >= 0.3 is 6.18 Å². The molecule has 10 nitrogen and oxygen atoms in total. The van der Waals surface area contributed by atoms with Gasteiger partial charge in [0, 0.05) is 42.0 Å². The zero-order valence-electron chi connectivity index (χ0n) is 23.1. The van der Waals surface area contributed by atoms with Crippen molar-refractivity contribution in [2.75, 3.05) is 40.1 Å². The standard InChI is InChI=1S/C30H26F3N5O5S/c31-30(32,33)24-15-20(6-9-25(24)38-10-12-44(41,42)13-11-38)36-29(40)23-3-1-2-19-14-21(7-8-22(19)23)43-27-16-26(34-17-35-27)37-28(39)18-4-5-18/h1-3,6-9,14-18H,4-5,10-13H2,(H,36,40)(H,34,35,37,39). The fourth-order valence-corrected chi connectivity index (χ4v) is 6.15. The molecule has 0 radical (unpaired) electrons. The number of carbonyl (C=O) groups excluding carboxylic acids is 2. The summed E-state index contributed by atoms with van der Waals surface area (Å²) in [7, 11) is -3.28. The molecule has 1 aromatic heterocycles. The summed E-state index contributed by atoms with van der Waals surface area (Å²) in [5.74, 6) is -0.229. The molecule has 14 heteroatoms. The van der Waals surface area contributed by atoms with E-state index in [1.54, 1.807) is 36.4 Å². The summed E-state index contributed by atoms with van der Waals surface area (Å²) in [6, 6.07) is 14.9. The number of hydrogen-bond acceptors (Lipinski definition) is 8. The van der Waals surface area contributed by atoms with Crippen molar-refractivity contribution in [3.63, 3.8) is 0 Å². The third-order valence-electron chi connectivity index (χ3n) is 7.41. The first-order valence-corrected chi connectivity index (χ1v) is 15.6. The van der Waals surface area contributed by atoms with Crippen molar-refractivity contribution in [1.29, 1.82) is 0 Å². The van der Waals surface area contributed by atoms with Gasteiger partial charge in [-0.05, 0) is 66.1 Å². The van der Waals surface area contributed by atoms with Crippen LogP contribution < -0.4 is 20.3 Å². The van der Waals surface area contributed by atoms with Crippen molar-refractivity contribution in [3.8, 4) is 11.6 Å². The van der Waals surface area contributed by atoms with Gasteiger partial charge in [-0.1, -0.05) is 12.1 Å². The molecule has 44 heavy (non-hydrogen) atoms. The Labute approximate surface area is 250 Å². The van der Waals surface area contributed by atoms with E-state index in [1.807, 2.05) is 0 Å². The number of carbonyl (C=O) groups is 2. The van der Waals surface area contributed by atoms with Crippen LogP contribution in [0, 0.1) is 5.92 Å². The molecule has 2 heterocycles. The first kappa shape index (κ1) is 29.4. The van der Waals surface area contributed by atoms with E-state index < -0.39 is 27.5 Å². The second-order valence-corrected chi connectivity index (χ2v) is 12.9. The number of rotatable bonds is 7. The molecule has 4 aromatic rings. The van der Waals surface area contributed by atoms with Gasteiger partial charge in [-0.15, -0.1) is 0 Å². The summed E-state index contributed by atoms with van der Waals surface area (Å²) in [6.45, 7) is -0.0948. The maximum Gasteiger partial charge on any atom is 0.418 e. The molecule has 0 atom stereocenters. The predicted molar refractivity (Wildman–Crippen MR) is 158 cm³/mol. The highest BCUT2D eigenvalue weighted by Gasteiger charge is 2.36. The Balaban J connectivity index is 1.20. The zero-order chi connectivity index (χ0) is 31.1. The summed E-state index contributed by atoms with van der Waals surface area (Å²) in [5.41, 5.74) is -0.917. The van der Waals surface area contributed by atoms with Crippen molar-refractivity contribution >= 4 is 49.6 Å². The third-order valence-corrected chi connectivity index (χ3v) is 9.01. The van der Waals surface area contributed by atoms with Crippen LogP contribution in [0.1, 0.15) is 28.8 Å². The number of fused-ring (bicyclic) bond motifs is 1. The second-order valence-electron chi connectivity index (χ2n) is 10.6. The van der Waals surface area contributed by atoms with Crippen LogP contribution in [0.25, 0.3) is 10.8 Å². The topological polar surface area (TPSA) is 131 Å². The fraction of sp³-hybridized carbons (Fsp3) is 0.267. The van der Waals surface area contributed by atoms with Crippen LogP contribution >= 0.6 is 0 Å². The minimum absolute atomic E-state index is 0.00925. The van der Waals surface area contributed by atoms with Crippen molar-refractivity contribution in [3.05, 3.63) is 78.1 Å². The van der Waals surface area contributed by atoms with E-state index in [2.05, 4.69) is 20.6 Å². The second kappa shape index (κ2) is 11.4. The van der Waals surface area contributed by atoms with Crippen molar-refractivity contribution in [1.82, 2.24) is 9.97 Å². The summed E-state index contributed by atoms with van der Waals surface area (Å²) in [5, 5.41) is 6.47. The number of amides is 2. The summed E-state index contributed by atoms with van der Waals surface area (Å²) in [4.78, 5) is 34.8. The molecule has 0 bridgehead atoms. The molecule has 3 aromatic carbocycles. The molecule has 1 aliphatic heterocycles. The van der Waals surface area contributed by atoms with Crippen LogP contribution in [0.3, 0.4) is 0 Å². The van der Waals surface area contributed by atoms with Gasteiger partial charge in [0.15, 0.2) is 9.84 Å². The van der Waals surface area contributed by atoms with Crippen LogP contribution in [-0.4, -0.2) is 54.8 Å². The predicted octanol–water partition coefficient (Wildman–Crippen LogP) is 5.28. The van der Waals surface area contributed by atoms with Crippen LogP contribution in [0.2, 0.25) is 0 Å². The largest absolute Gasteiger partial charge is 0.439 e. The Bertz CT molecular complexity index is 1860. The van der Waals surface area contributed by atoms with E-state index >= 15 is 0 Å². The van der Waals surface area contributed by atoms with Gasteiger partial charge in [0.25, 0.3) is 5.91 Å². The molecule has 228 valence electrons. The summed E-state index contributed by atoms with van der Waals surface area (Å²) >= 11 is 0. The summed E-state index contributed by atoms with van der Waals surface area (Å²) < 4.78 is 71.4. The highest BCUT2D eigenvalue weighted by molar-refractivity contribution is 7.91. The molecule has 2 N–H and O–H groups in total. The molecule has 2 fully saturated rings. The van der Waals surface area contributed by atoms with Crippen LogP contribution in [-0.2, 0) is 20.8 Å². The highest BCUT2D eigenvalue weighted by atomic mass is 32.2. The molecule has 1 saturated heterocycles. The van der Waals surface area contributed by atoms with Gasteiger partial charge in [0.2, 0.25) is 11.8 Å². The number of halogens is 3. The lowest BCUT2D eigenvalue weighted by atomic mass is 10.0. The van der Waals surface area contributed by atoms with Gasteiger partial charge in [0.05, 0.1) is 17.1 Å². The maximum absolute atomic E-state index is 14.0. The Hall–Kier alpha value is -4.72. The number of nitrogens with one attached hydrogen (secondary N) is 2. The number of anilines is 3. The Morgan fingerprint density at radius 2 is 1.70 bits per heavy atom. The Morgan fingerprint density at radius 1 is 0.932 bits per heavy atom. The normalized spacial score (nSPS) is 16.4. The van der Waals surface area contributed by atoms with E-state index in [9.17, 15) is 31.2 Å². The van der Waals surface area contributed by atoms with E-state index in [4.69, 9.17) is 4.74 Å². The zero-order valence-corrected chi connectivity index (χ0v) is 23.9. The van der Waals surface area contributed by atoms with Gasteiger partial charge in [-0.2, -0.15) is 13.2 Å². The summed E-state index contributed by atoms with van der Waals surface area (Å²) in [6.07, 6.45) is -1.75. The number of aromatic nitrogens is 2. The number of benzene rings is 3. The molecule has 0 spiro atoms. The molecular formula is C30H26F3N5O5S.